The van der Waals surface area contributed by atoms with Crippen LogP contribution in [0.15, 0.2) is 0 Å². The Kier molecular flexibility index (Phi) is 6.74. The molecular formula is H4Cl4NPt. The van der Waals surface area contributed by atoms with Crippen molar-refractivity contribution in [2.24, 2.45) is 0 Å². The van der Waals surface area contributed by atoms with Crippen LogP contribution in [0.1, 0.15) is 0 Å². The molecule has 0 rings (SSSR count). The number of rotatable bonds is 0. The molecule has 0 aliphatic heterocycles. The van der Waals surface area contributed by atoms with Crippen LogP contribution in [0, 0.1) is 0 Å². The summed E-state index contributed by atoms with van der Waals surface area (Å²) in [6.45, 7) is 0. The van der Waals surface area contributed by atoms with Gasteiger partial charge in [-0.3, -0.25) is 0 Å². The molecule has 0 saturated carbocycles. The minimum Gasteiger partial charge on any atom is -0.369 e. The van der Waals surface area contributed by atoms with E-state index in [1.165, 1.54) is 0 Å². The zero-order valence-electron chi connectivity index (χ0n) is 2.83. The van der Waals surface area contributed by atoms with Gasteiger partial charge < -0.3 is 6.15 Å². The molecule has 0 amide bonds. The van der Waals surface area contributed by atoms with Gasteiger partial charge in [0.05, 0.1) is 0 Å². The van der Waals surface area contributed by atoms with Crippen molar-refractivity contribution < 1.29 is 11.9 Å². The van der Waals surface area contributed by atoms with Crippen molar-refractivity contribution in [3.8, 4) is 0 Å². The Hall–Kier alpha value is 1.81. The van der Waals surface area contributed by atoms with Crippen molar-refractivity contribution in [3.05, 3.63) is 0 Å². The number of halogens is 4. The quantitative estimate of drug-likeness (QED) is 0.694. The Labute approximate surface area is 55.4 Å². The van der Waals surface area contributed by atoms with Crippen molar-refractivity contribution >= 4 is 37.7 Å². The monoisotopic (exact) mass is 353 g/mol. The first kappa shape index (κ1) is 10.7. The normalized spacial score (nSPS) is 12.7. The van der Waals surface area contributed by atoms with Crippen LogP contribution in [0.4, 0.5) is 0 Å². The largest absolute Gasteiger partial charge is 0.369 e. The molecule has 0 aliphatic rings. The zero-order valence-corrected chi connectivity index (χ0v) is 8.12. The van der Waals surface area contributed by atoms with Gasteiger partial charge in [0.2, 0.25) is 0 Å². The van der Waals surface area contributed by atoms with Gasteiger partial charge >= 0.3 is 49.6 Å². The molecule has 4 N–H and O–H groups in total. The molecule has 0 spiro atoms. The zero-order chi connectivity index (χ0) is 4.50. The maximum absolute atomic E-state index is 5.01. The van der Waals surface area contributed by atoms with Crippen molar-refractivity contribution in [2.75, 3.05) is 0 Å². The molecule has 0 unspecified atom stereocenters. The van der Waals surface area contributed by atoms with Gasteiger partial charge in [0, 0.05) is 0 Å². The second-order valence-electron chi connectivity index (χ2n) is 0.271. The fraction of sp³-hybridized carbons (Fsp3) is 0. The molecule has 0 aromatic heterocycles. The van der Waals surface area contributed by atoms with Crippen molar-refractivity contribution in [2.45, 2.75) is 0 Å². The maximum atomic E-state index is 5.01. The summed E-state index contributed by atoms with van der Waals surface area (Å²) in [7, 11) is 20.0. The number of quaternary nitrogens is 1. The molecule has 0 aromatic carbocycles. The predicted molar refractivity (Wildman–Crippen MR) is 29.4 cm³/mol. The molecule has 0 heterocycles. The van der Waals surface area contributed by atoms with E-state index in [0.29, 0.717) is 0 Å². The molecule has 0 bridgehead atoms. The predicted octanol–water partition coefficient (Wildman–Crippen LogP) is 3.13. The van der Waals surface area contributed by atoms with Gasteiger partial charge in [-0.1, -0.05) is 0 Å². The summed E-state index contributed by atoms with van der Waals surface area (Å²) in [5.41, 5.74) is 0. The van der Waals surface area contributed by atoms with E-state index in [0.717, 1.165) is 0 Å². The average Bonchev–Trinajstić information content (AvgIpc) is 0.722. The second-order valence-corrected chi connectivity index (χ2v) is 20.0. The minimum atomic E-state index is -3.06. The van der Waals surface area contributed by atoms with Crippen molar-refractivity contribution in [3.63, 3.8) is 0 Å². The first-order valence-corrected chi connectivity index (χ1v) is 11.7. The minimum absolute atomic E-state index is 0. The molecule has 0 saturated heterocycles. The van der Waals surface area contributed by atoms with Gasteiger partial charge in [-0.2, -0.15) is 0 Å². The molecule has 6 heavy (non-hydrogen) atoms. The molecule has 0 aliphatic carbocycles. The van der Waals surface area contributed by atoms with Gasteiger partial charge in [-0.25, -0.2) is 0 Å². The van der Waals surface area contributed by atoms with E-state index in [9.17, 15) is 0 Å². The second kappa shape index (κ2) is 3.77. The van der Waals surface area contributed by atoms with Gasteiger partial charge in [-0.05, 0) is 0 Å². The van der Waals surface area contributed by atoms with Crippen LogP contribution in [0.5, 0.6) is 0 Å². The summed E-state index contributed by atoms with van der Waals surface area (Å²) in [5.74, 6) is 0. The first-order chi connectivity index (χ1) is 2.00. The third-order valence-electron chi connectivity index (χ3n) is 0. The molecule has 6 heteroatoms. The van der Waals surface area contributed by atoms with E-state index in [1.807, 2.05) is 0 Å². The molecular weight excluding hydrogens is 351 g/mol. The molecule has 0 radical (unpaired) electrons. The van der Waals surface area contributed by atoms with Crippen LogP contribution in [0.2, 0.25) is 0 Å². The van der Waals surface area contributed by atoms with Crippen LogP contribution in [-0.2, 0) is 11.9 Å². The van der Waals surface area contributed by atoms with E-state index in [4.69, 9.17) is 37.7 Å². The third-order valence-corrected chi connectivity index (χ3v) is 0. The Bertz CT molecular complexity index is 23.0. The maximum Gasteiger partial charge on any atom is -0.369 e. The fourth-order valence-electron chi connectivity index (χ4n) is 0. The molecule has 0 atom stereocenters. The van der Waals surface area contributed by atoms with Crippen molar-refractivity contribution in [1.82, 2.24) is 6.15 Å². The topological polar surface area (TPSA) is 36.5 Å². The number of hydrogen-bond acceptors (Lipinski definition) is 0. The summed E-state index contributed by atoms with van der Waals surface area (Å²) in [4.78, 5) is 0. The van der Waals surface area contributed by atoms with Crippen LogP contribution in [0.25, 0.3) is 0 Å². The summed E-state index contributed by atoms with van der Waals surface area (Å²) in [6, 6.07) is 0. The molecule has 0 aromatic rings. The van der Waals surface area contributed by atoms with Gasteiger partial charge in [0.1, 0.15) is 0 Å². The van der Waals surface area contributed by atoms with Crippen molar-refractivity contribution in [1.29, 1.82) is 0 Å². The Morgan fingerprint density at radius 2 is 0.833 bits per heavy atom. The van der Waals surface area contributed by atoms with E-state index in [-0.39, 0.29) is 6.15 Å². The van der Waals surface area contributed by atoms with Crippen LogP contribution in [-0.4, -0.2) is 0 Å². The summed E-state index contributed by atoms with van der Waals surface area (Å²) in [6.07, 6.45) is 0. The Morgan fingerprint density at radius 1 is 0.833 bits per heavy atom. The van der Waals surface area contributed by atoms with Gasteiger partial charge in [0.15, 0.2) is 0 Å². The van der Waals surface area contributed by atoms with Crippen LogP contribution >= 0.6 is 37.7 Å². The van der Waals surface area contributed by atoms with Gasteiger partial charge in [-0.15, -0.1) is 0 Å². The molecule has 47 valence electrons. The summed E-state index contributed by atoms with van der Waals surface area (Å²) in [5, 5.41) is 0. The first-order valence-electron chi connectivity index (χ1n) is 0.478. The Morgan fingerprint density at radius 3 is 0.833 bits per heavy atom. The fourth-order valence-corrected chi connectivity index (χ4v) is 0. The van der Waals surface area contributed by atoms with E-state index in [1.54, 1.807) is 0 Å². The third kappa shape index (κ3) is 41.1. The van der Waals surface area contributed by atoms with Gasteiger partial charge in [0.25, 0.3) is 0 Å². The number of hydrogen-bond donors (Lipinski definition) is 1. The molecule has 0 fully saturated rings. The smallest absolute Gasteiger partial charge is 0.369 e. The SMILES string of the molecule is [Cl][Pt-]([Cl])([Cl])[Cl].[NH4+]. The average molecular weight is 355 g/mol. The summed E-state index contributed by atoms with van der Waals surface area (Å²) < 4.78 is 0. The van der Waals surface area contributed by atoms with E-state index in [2.05, 4.69) is 0 Å². The standard InChI is InChI=1S/4ClH.H3N.Pt/h4*1H;1H3;/q;;;;;+3/p-3. The summed E-state index contributed by atoms with van der Waals surface area (Å²) >= 11 is -3.06. The van der Waals surface area contributed by atoms with Crippen LogP contribution in [0.3, 0.4) is 0 Å². The van der Waals surface area contributed by atoms with Crippen LogP contribution < -0.4 is 6.15 Å². The van der Waals surface area contributed by atoms with E-state index >= 15 is 0 Å². The Balaban J connectivity index is 0. The van der Waals surface area contributed by atoms with E-state index < -0.39 is 11.9 Å². The molecule has 1 nitrogen and oxygen atoms in total.